The first-order valence-corrected chi connectivity index (χ1v) is 6.91. The molecule has 3 aliphatic rings. The van der Waals surface area contributed by atoms with Crippen molar-refractivity contribution in [2.75, 3.05) is 6.67 Å². The molecule has 3 nitrogen and oxygen atoms in total. The van der Waals surface area contributed by atoms with Crippen LogP contribution in [0, 0.1) is 24.7 Å². The normalized spacial score (nSPS) is 31.6. The van der Waals surface area contributed by atoms with E-state index in [0.29, 0.717) is 12.1 Å². The third-order valence-corrected chi connectivity index (χ3v) is 4.99. The monoisotopic (exact) mass is 282 g/mol. The zero-order valence-electron chi connectivity index (χ0n) is 11.1. The Morgan fingerprint density at radius 3 is 2.42 bits per heavy atom. The van der Waals surface area contributed by atoms with Gasteiger partial charge in [-0.3, -0.25) is 9.18 Å². The van der Waals surface area contributed by atoms with Crippen LogP contribution in [0.25, 0.3) is 0 Å². The Hall–Kier alpha value is -1.03. The molecule has 1 aromatic heterocycles. The van der Waals surface area contributed by atoms with Crippen LogP contribution in [0.1, 0.15) is 47.6 Å². The molecule has 3 fully saturated rings. The standard InChI is InChI=1S/C14H16ClFN2O/c1-8-9(2)18-12(15)10(17-8)11(19)14-5-13(6-14,7-14)3-4-16/h3-7H2,1-2H3. The van der Waals surface area contributed by atoms with E-state index >= 15 is 0 Å². The summed E-state index contributed by atoms with van der Waals surface area (Å²) in [6, 6.07) is 0. The minimum atomic E-state index is -0.324. The highest BCUT2D eigenvalue weighted by atomic mass is 35.5. The number of nitrogens with zero attached hydrogens (tertiary/aromatic N) is 2. The molecule has 0 atom stereocenters. The van der Waals surface area contributed by atoms with E-state index in [2.05, 4.69) is 9.97 Å². The fourth-order valence-corrected chi connectivity index (χ4v) is 3.93. The van der Waals surface area contributed by atoms with Crippen molar-refractivity contribution < 1.29 is 9.18 Å². The fourth-order valence-electron chi connectivity index (χ4n) is 3.68. The van der Waals surface area contributed by atoms with Crippen molar-refractivity contribution in [2.24, 2.45) is 10.8 Å². The Kier molecular flexibility index (Phi) is 2.72. The summed E-state index contributed by atoms with van der Waals surface area (Å²) in [4.78, 5) is 21.0. The minimum absolute atomic E-state index is 0.00571. The van der Waals surface area contributed by atoms with Crippen molar-refractivity contribution in [1.82, 2.24) is 9.97 Å². The van der Waals surface area contributed by atoms with Crippen LogP contribution in [-0.2, 0) is 0 Å². The number of rotatable bonds is 4. The Bertz CT molecular complexity index is 553. The number of hydrogen-bond acceptors (Lipinski definition) is 3. The van der Waals surface area contributed by atoms with E-state index in [0.717, 1.165) is 30.7 Å². The summed E-state index contributed by atoms with van der Waals surface area (Å²) in [5.74, 6) is -0.00571. The van der Waals surface area contributed by atoms with E-state index < -0.39 is 0 Å². The lowest BCUT2D eigenvalue weighted by Crippen LogP contribution is -2.65. The molecule has 3 saturated carbocycles. The Morgan fingerprint density at radius 1 is 1.26 bits per heavy atom. The van der Waals surface area contributed by atoms with Gasteiger partial charge in [0.15, 0.2) is 10.9 Å². The summed E-state index contributed by atoms with van der Waals surface area (Å²) in [6.45, 7) is 3.34. The van der Waals surface area contributed by atoms with Crippen LogP contribution < -0.4 is 0 Å². The van der Waals surface area contributed by atoms with Crippen molar-refractivity contribution in [1.29, 1.82) is 0 Å². The highest BCUT2D eigenvalue weighted by Gasteiger charge is 2.70. The Morgan fingerprint density at radius 2 is 1.84 bits per heavy atom. The van der Waals surface area contributed by atoms with E-state index in [1.807, 2.05) is 13.8 Å². The first-order chi connectivity index (χ1) is 8.91. The second-order valence-corrected chi connectivity index (χ2v) is 6.47. The first-order valence-electron chi connectivity index (χ1n) is 6.53. The average molecular weight is 283 g/mol. The van der Waals surface area contributed by atoms with Gasteiger partial charge in [-0.2, -0.15) is 0 Å². The Balaban J connectivity index is 1.82. The minimum Gasteiger partial charge on any atom is -0.292 e. The predicted molar refractivity (Wildman–Crippen MR) is 70.2 cm³/mol. The number of halogens is 2. The molecule has 1 heterocycles. The van der Waals surface area contributed by atoms with Crippen LogP contribution >= 0.6 is 11.6 Å². The van der Waals surface area contributed by atoms with Gasteiger partial charge in [0.05, 0.1) is 18.1 Å². The summed E-state index contributed by atoms with van der Waals surface area (Å²) in [6.07, 6.45) is 2.93. The Labute approximate surface area is 116 Å². The maximum atomic E-state index is 12.5. The summed E-state index contributed by atoms with van der Waals surface area (Å²) < 4.78 is 12.4. The van der Waals surface area contributed by atoms with Gasteiger partial charge in [-0.1, -0.05) is 11.6 Å². The molecule has 2 bridgehead atoms. The highest BCUT2D eigenvalue weighted by Crippen LogP contribution is 2.75. The van der Waals surface area contributed by atoms with E-state index in [4.69, 9.17) is 11.6 Å². The van der Waals surface area contributed by atoms with E-state index in [1.54, 1.807) is 0 Å². The van der Waals surface area contributed by atoms with Gasteiger partial charge in [-0.05, 0) is 44.9 Å². The van der Waals surface area contributed by atoms with Gasteiger partial charge in [-0.15, -0.1) is 0 Å². The van der Waals surface area contributed by atoms with Gasteiger partial charge in [0.2, 0.25) is 0 Å². The van der Waals surface area contributed by atoms with Crippen LogP contribution in [0.4, 0.5) is 4.39 Å². The molecule has 0 saturated heterocycles. The molecule has 1 aromatic rings. The number of hydrogen-bond donors (Lipinski definition) is 0. The number of alkyl halides is 1. The third kappa shape index (κ3) is 1.72. The maximum Gasteiger partial charge on any atom is 0.190 e. The second kappa shape index (κ2) is 3.98. The van der Waals surface area contributed by atoms with Crippen molar-refractivity contribution in [2.45, 2.75) is 39.5 Å². The van der Waals surface area contributed by atoms with Gasteiger partial charge in [0.1, 0.15) is 5.69 Å². The topological polar surface area (TPSA) is 42.9 Å². The van der Waals surface area contributed by atoms with E-state index in [1.165, 1.54) is 0 Å². The first kappa shape index (κ1) is 13.0. The van der Waals surface area contributed by atoms with Gasteiger partial charge < -0.3 is 0 Å². The molecule has 0 radical (unpaired) electrons. The summed E-state index contributed by atoms with van der Waals surface area (Å²) in [7, 11) is 0. The molecule has 4 rings (SSSR count). The van der Waals surface area contributed by atoms with Gasteiger partial charge in [0, 0.05) is 5.41 Å². The van der Waals surface area contributed by atoms with Crippen LogP contribution in [0.2, 0.25) is 5.15 Å². The molecule has 0 spiro atoms. The fraction of sp³-hybridized carbons (Fsp3) is 0.643. The van der Waals surface area contributed by atoms with Gasteiger partial charge in [0.25, 0.3) is 0 Å². The average Bonchev–Trinajstić information content (AvgIpc) is 2.25. The van der Waals surface area contributed by atoms with E-state index in [9.17, 15) is 9.18 Å². The van der Waals surface area contributed by atoms with Crippen molar-refractivity contribution in [3.05, 3.63) is 22.2 Å². The largest absolute Gasteiger partial charge is 0.292 e. The molecule has 5 heteroatoms. The quantitative estimate of drug-likeness (QED) is 0.794. The molecule has 19 heavy (non-hydrogen) atoms. The summed E-state index contributed by atoms with van der Waals surface area (Å²) in [5.41, 5.74) is 1.53. The molecular weight excluding hydrogens is 267 g/mol. The number of ketones is 1. The zero-order chi connectivity index (χ0) is 13.8. The van der Waals surface area contributed by atoms with Crippen LogP contribution in [0.5, 0.6) is 0 Å². The molecule has 0 N–H and O–H groups in total. The smallest absolute Gasteiger partial charge is 0.190 e. The summed E-state index contributed by atoms with van der Waals surface area (Å²) >= 11 is 6.04. The lowest BCUT2D eigenvalue weighted by molar-refractivity contribution is -0.174. The second-order valence-electron chi connectivity index (χ2n) is 6.11. The number of carbonyl (C=O) groups excluding carboxylic acids is 1. The third-order valence-electron chi connectivity index (χ3n) is 4.73. The molecule has 102 valence electrons. The molecule has 0 amide bonds. The van der Waals surface area contributed by atoms with Crippen molar-refractivity contribution in [3.63, 3.8) is 0 Å². The predicted octanol–water partition coefficient (Wildman–Crippen LogP) is 3.46. The molecule has 0 aromatic carbocycles. The maximum absolute atomic E-state index is 12.5. The van der Waals surface area contributed by atoms with E-state index in [-0.39, 0.29) is 28.4 Å². The number of aryl methyl sites for hydroxylation is 2. The van der Waals surface area contributed by atoms with Gasteiger partial charge >= 0.3 is 0 Å². The van der Waals surface area contributed by atoms with Gasteiger partial charge in [-0.25, -0.2) is 9.97 Å². The molecule has 0 aliphatic heterocycles. The molecule has 3 aliphatic carbocycles. The zero-order valence-corrected chi connectivity index (χ0v) is 11.9. The number of carbonyl (C=O) groups is 1. The van der Waals surface area contributed by atoms with Crippen LogP contribution in [-0.4, -0.2) is 22.4 Å². The number of aromatic nitrogens is 2. The van der Waals surface area contributed by atoms with Crippen LogP contribution in [0.15, 0.2) is 0 Å². The van der Waals surface area contributed by atoms with Crippen molar-refractivity contribution >= 4 is 17.4 Å². The number of Topliss-reactive ketones (excluding diaryl/α,β-unsaturated/α-hetero) is 1. The summed E-state index contributed by atoms with van der Waals surface area (Å²) in [5, 5.41) is 0.192. The molecular formula is C14H16ClFN2O. The highest BCUT2D eigenvalue weighted by molar-refractivity contribution is 6.32. The lowest BCUT2D eigenvalue weighted by Gasteiger charge is -2.69. The molecule has 0 unspecified atom stereocenters. The van der Waals surface area contributed by atoms with Crippen molar-refractivity contribution in [3.8, 4) is 0 Å². The lowest BCUT2D eigenvalue weighted by atomic mass is 9.33. The van der Waals surface area contributed by atoms with Crippen LogP contribution in [0.3, 0.4) is 0 Å². The SMILES string of the molecule is Cc1nc(Cl)c(C(=O)C23CC(CCF)(C2)C3)nc1C.